The van der Waals surface area contributed by atoms with Crippen molar-refractivity contribution in [2.45, 2.75) is 19.4 Å². The molecular formula is C27H25ClO5. The first-order valence-electron chi connectivity index (χ1n) is 10.5. The van der Waals surface area contributed by atoms with Crippen molar-refractivity contribution in [1.29, 1.82) is 0 Å². The van der Waals surface area contributed by atoms with Crippen molar-refractivity contribution in [2.24, 2.45) is 0 Å². The molecule has 0 saturated carbocycles. The van der Waals surface area contributed by atoms with E-state index in [9.17, 15) is 9.59 Å². The molecule has 0 bridgehead atoms. The Labute approximate surface area is 198 Å². The fourth-order valence-electron chi connectivity index (χ4n) is 2.85. The zero-order valence-electron chi connectivity index (χ0n) is 18.5. The average Bonchev–Trinajstić information content (AvgIpc) is 2.82. The lowest BCUT2D eigenvalue weighted by Gasteiger charge is -2.24. The van der Waals surface area contributed by atoms with Crippen molar-refractivity contribution in [2.75, 3.05) is 13.2 Å². The Morgan fingerprint density at radius 2 is 1.48 bits per heavy atom. The van der Waals surface area contributed by atoms with Crippen molar-refractivity contribution < 1.29 is 23.8 Å². The van der Waals surface area contributed by atoms with Crippen LogP contribution in [0.5, 0.6) is 11.5 Å². The predicted molar refractivity (Wildman–Crippen MR) is 129 cm³/mol. The van der Waals surface area contributed by atoms with Gasteiger partial charge < -0.3 is 14.2 Å². The smallest absolute Gasteiger partial charge is 0.350 e. The summed E-state index contributed by atoms with van der Waals surface area (Å²) in [5.74, 6) is 0.608. The zero-order chi connectivity index (χ0) is 23.7. The summed E-state index contributed by atoms with van der Waals surface area (Å²) < 4.78 is 16.6. The molecule has 3 aromatic rings. The number of allylic oxidation sites excluding steroid dienone is 1. The fraction of sp³-hybridized carbons (Fsp3) is 0.185. The summed E-state index contributed by atoms with van der Waals surface area (Å²) in [6, 6.07) is 23.1. The number of hydrogen-bond acceptors (Lipinski definition) is 5. The van der Waals surface area contributed by atoms with Gasteiger partial charge in [0.2, 0.25) is 0 Å². The number of hydrogen-bond donors (Lipinski definition) is 0. The van der Waals surface area contributed by atoms with Gasteiger partial charge in [0, 0.05) is 10.6 Å². The molecule has 0 amide bonds. The number of carbonyl (C=O) groups is 2. The highest BCUT2D eigenvalue weighted by Gasteiger charge is 2.31. The molecule has 0 aliphatic carbocycles. The highest BCUT2D eigenvalue weighted by atomic mass is 35.5. The van der Waals surface area contributed by atoms with Gasteiger partial charge in [0.25, 0.3) is 0 Å². The summed E-state index contributed by atoms with van der Waals surface area (Å²) in [5, 5.41) is 0.588. The van der Waals surface area contributed by atoms with Gasteiger partial charge >= 0.3 is 5.97 Å². The zero-order valence-corrected chi connectivity index (χ0v) is 19.2. The van der Waals surface area contributed by atoms with E-state index < -0.39 is 11.6 Å². The topological polar surface area (TPSA) is 61.8 Å². The monoisotopic (exact) mass is 464 g/mol. The van der Waals surface area contributed by atoms with Gasteiger partial charge in [-0.3, -0.25) is 4.79 Å². The molecule has 5 nitrogen and oxygen atoms in total. The first kappa shape index (κ1) is 24.1. The van der Waals surface area contributed by atoms with Gasteiger partial charge in [-0.2, -0.15) is 0 Å². The van der Waals surface area contributed by atoms with E-state index in [0.717, 1.165) is 5.56 Å². The van der Waals surface area contributed by atoms with Crippen LogP contribution in [-0.2, 0) is 9.53 Å². The molecule has 0 aromatic heterocycles. The van der Waals surface area contributed by atoms with Crippen molar-refractivity contribution >= 4 is 29.4 Å². The Morgan fingerprint density at radius 1 is 0.848 bits per heavy atom. The van der Waals surface area contributed by atoms with Gasteiger partial charge in [-0.05, 0) is 61.9 Å². The highest BCUT2D eigenvalue weighted by molar-refractivity contribution is 6.30. The minimum Gasteiger partial charge on any atom is -0.490 e. The third kappa shape index (κ3) is 7.51. The molecular weight excluding hydrogens is 440 g/mol. The number of ether oxygens (including phenoxy) is 3. The maximum absolute atomic E-state index is 12.4. The molecule has 6 heteroatoms. The summed E-state index contributed by atoms with van der Waals surface area (Å²) in [6.45, 7) is 3.56. The average molecular weight is 465 g/mol. The Morgan fingerprint density at radius 3 is 2.15 bits per heavy atom. The van der Waals surface area contributed by atoms with Gasteiger partial charge in [0.1, 0.15) is 24.7 Å². The minimum absolute atomic E-state index is 0.0549. The van der Waals surface area contributed by atoms with Crippen LogP contribution in [0.1, 0.15) is 29.8 Å². The molecule has 3 aromatic carbocycles. The first-order valence-corrected chi connectivity index (χ1v) is 10.8. The number of esters is 1. The van der Waals surface area contributed by atoms with Crippen LogP contribution in [0.15, 0.2) is 84.9 Å². The first-order chi connectivity index (χ1) is 15.8. The Bertz CT molecular complexity index is 1090. The van der Waals surface area contributed by atoms with E-state index in [1.807, 2.05) is 30.3 Å². The van der Waals surface area contributed by atoms with Crippen molar-refractivity contribution in [3.8, 4) is 11.5 Å². The van der Waals surface area contributed by atoms with E-state index in [4.69, 9.17) is 25.8 Å². The minimum atomic E-state index is -1.15. The second-order valence-electron chi connectivity index (χ2n) is 7.68. The van der Waals surface area contributed by atoms with Gasteiger partial charge in [-0.25, -0.2) is 4.79 Å². The molecule has 0 saturated heterocycles. The largest absolute Gasteiger partial charge is 0.490 e. The van der Waals surface area contributed by atoms with Gasteiger partial charge in [0.15, 0.2) is 11.4 Å². The van der Waals surface area contributed by atoms with Crippen LogP contribution in [0.4, 0.5) is 0 Å². The molecule has 0 aliphatic heterocycles. The molecule has 0 heterocycles. The molecule has 170 valence electrons. The highest BCUT2D eigenvalue weighted by Crippen LogP contribution is 2.22. The molecule has 33 heavy (non-hydrogen) atoms. The Hall–Kier alpha value is -3.57. The summed E-state index contributed by atoms with van der Waals surface area (Å²) in [7, 11) is 0. The maximum Gasteiger partial charge on any atom is 0.350 e. The predicted octanol–water partition coefficient (Wildman–Crippen LogP) is 6.02. The van der Waals surface area contributed by atoms with Crippen molar-refractivity contribution in [1.82, 2.24) is 0 Å². The SMILES string of the molecule is CC(C)(Oc1ccc(Cl)cc1)C(=O)OCCOc1ccc(/C=C/C(=O)c2ccccc2)cc1. The van der Waals surface area contributed by atoms with Crippen LogP contribution in [0, 0.1) is 0 Å². The van der Waals surface area contributed by atoms with Crippen molar-refractivity contribution in [3.05, 3.63) is 101 Å². The van der Waals surface area contributed by atoms with E-state index in [2.05, 4.69) is 0 Å². The molecule has 3 rings (SSSR count). The number of benzene rings is 3. The number of ketones is 1. The normalized spacial score (nSPS) is 11.2. The quantitative estimate of drug-likeness (QED) is 0.159. The van der Waals surface area contributed by atoms with Crippen LogP contribution >= 0.6 is 11.6 Å². The van der Waals surface area contributed by atoms with E-state index in [1.54, 1.807) is 74.5 Å². The Kier molecular flexibility index (Phi) is 8.28. The number of halogens is 1. The third-order valence-electron chi connectivity index (χ3n) is 4.63. The molecule has 0 unspecified atom stereocenters. The lowest BCUT2D eigenvalue weighted by Crippen LogP contribution is -2.40. The van der Waals surface area contributed by atoms with Crippen LogP contribution in [0.25, 0.3) is 6.08 Å². The van der Waals surface area contributed by atoms with E-state index in [-0.39, 0.29) is 19.0 Å². The summed E-state index contributed by atoms with van der Waals surface area (Å²) in [5.41, 5.74) is 0.364. The van der Waals surface area contributed by atoms with Gasteiger partial charge in [-0.1, -0.05) is 60.1 Å². The molecule has 0 fully saturated rings. The molecule has 0 N–H and O–H groups in total. The molecule has 0 atom stereocenters. The standard InChI is InChI=1S/C27H25ClO5/c1-27(2,33-24-15-11-22(28)12-16-24)26(30)32-19-18-31-23-13-8-20(9-14-23)10-17-25(29)21-6-4-3-5-7-21/h3-17H,18-19H2,1-2H3/b17-10+. The molecule has 0 aliphatic rings. The van der Waals surface area contributed by atoms with Crippen molar-refractivity contribution in [3.63, 3.8) is 0 Å². The van der Waals surface area contributed by atoms with Crippen LogP contribution in [-0.4, -0.2) is 30.6 Å². The fourth-order valence-corrected chi connectivity index (χ4v) is 2.98. The Balaban J connectivity index is 1.42. The lowest BCUT2D eigenvalue weighted by molar-refractivity contribution is -0.160. The second-order valence-corrected chi connectivity index (χ2v) is 8.12. The summed E-state index contributed by atoms with van der Waals surface area (Å²) in [4.78, 5) is 24.5. The maximum atomic E-state index is 12.4. The molecule has 0 radical (unpaired) electrons. The third-order valence-corrected chi connectivity index (χ3v) is 4.88. The van der Waals surface area contributed by atoms with E-state index in [1.165, 1.54) is 0 Å². The van der Waals surface area contributed by atoms with Crippen LogP contribution in [0.3, 0.4) is 0 Å². The summed E-state index contributed by atoms with van der Waals surface area (Å²) >= 11 is 5.86. The van der Waals surface area contributed by atoms with Crippen LogP contribution in [0.2, 0.25) is 5.02 Å². The van der Waals surface area contributed by atoms with E-state index >= 15 is 0 Å². The van der Waals surface area contributed by atoms with Crippen LogP contribution < -0.4 is 9.47 Å². The second kappa shape index (κ2) is 11.3. The van der Waals surface area contributed by atoms with E-state index in [0.29, 0.717) is 22.1 Å². The molecule has 0 spiro atoms. The number of rotatable bonds is 10. The van der Waals surface area contributed by atoms with Gasteiger partial charge in [0.05, 0.1) is 0 Å². The summed E-state index contributed by atoms with van der Waals surface area (Å²) in [6.07, 6.45) is 3.29. The number of carbonyl (C=O) groups excluding carboxylic acids is 2. The van der Waals surface area contributed by atoms with Gasteiger partial charge in [-0.15, -0.1) is 0 Å². The lowest BCUT2D eigenvalue weighted by atomic mass is 10.1.